The van der Waals surface area contributed by atoms with E-state index in [2.05, 4.69) is 110 Å². The van der Waals surface area contributed by atoms with Gasteiger partial charge in [0.25, 0.3) is 0 Å². The van der Waals surface area contributed by atoms with E-state index in [9.17, 15) is 0 Å². The molecule has 0 N–H and O–H groups in total. The van der Waals surface area contributed by atoms with Crippen LogP contribution in [0.3, 0.4) is 0 Å². The first-order valence-corrected chi connectivity index (χ1v) is 11.9. The number of aromatic nitrogens is 2. The molecule has 0 radical (unpaired) electrons. The van der Waals surface area contributed by atoms with Gasteiger partial charge in [0.1, 0.15) is 12.6 Å². The van der Waals surface area contributed by atoms with Crippen LogP contribution < -0.4 is 4.57 Å². The van der Waals surface area contributed by atoms with Gasteiger partial charge >= 0.3 is 0 Å². The lowest BCUT2D eigenvalue weighted by Crippen LogP contribution is -2.29. The summed E-state index contributed by atoms with van der Waals surface area (Å²) in [5, 5.41) is 9.47. The van der Waals surface area contributed by atoms with Crippen LogP contribution in [0.1, 0.15) is 25.0 Å². The van der Waals surface area contributed by atoms with Crippen LogP contribution in [0.15, 0.2) is 72.9 Å². The lowest BCUT2D eigenvalue weighted by Gasteiger charge is -2.16. The van der Waals surface area contributed by atoms with Crippen molar-refractivity contribution < 1.29 is 4.57 Å². The van der Waals surface area contributed by atoms with Gasteiger partial charge in [0.05, 0.1) is 16.4 Å². The van der Waals surface area contributed by atoms with Crippen molar-refractivity contribution in [3.8, 4) is 0 Å². The molecule has 7 aromatic rings. The molecule has 2 nitrogen and oxygen atoms in total. The highest BCUT2D eigenvalue weighted by molar-refractivity contribution is 6.30. The fraction of sp³-hybridized carbons (Fsp3) is 0.194. The Morgan fingerprint density at radius 3 is 2.36 bits per heavy atom. The standard InChI is InChI=1S/C31H27N2/c1-18(2)16-20-12-13-26-25(17-20)24-14-15-32(4)31-28-19(3)21-8-5-6-9-22(21)23-10-7-11-27(29(23)28)33(26)30(24)31/h5-15,17-18H,16H2,1-4H3/q+1. The Morgan fingerprint density at radius 1 is 0.758 bits per heavy atom. The molecule has 33 heavy (non-hydrogen) atoms. The first-order chi connectivity index (χ1) is 16.0. The second-order valence-electron chi connectivity index (χ2n) is 10.1. The van der Waals surface area contributed by atoms with Crippen molar-refractivity contribution in [1.29, 1.82) is 0 Å². The average molecular weight is 428 g/mol. The Morgan fingerprint density at radius 2 is 1.55 bits per heavy atom. The summed E-state index contributed by atoms with van der Waals surface area (Å²) in [6.07, 6.45) is 3.35. The van der Waals surface area contributed by atoms with Gasteiger partial charge in [0, 0.05) is 22.2 Å². The number of hydrogen-bond donors (Lipinski definition) is 0. The van der Waals surface area contributed by atoms with Gasteiger partial charge in [-0.05, 0) is 64.7 Å². The number of nitrogens with zero attached hydrogens (tertiary/aromatic N) is 2. The van der Waals surface area contributed by atoms with E-state index in [-0.39, 0.29) is 0 Å². The average Bonchev–Trinajstić information content (AvgIpc) is 3.14. The Balaban J connectivity index is 1.83. The predicted molar refractivity (Wildman–Crippen MR) is 141 cm³/mol. The van der Waals surface area contributed by atoms with Gasteiger partial charge in [-0.2, -0.15) is 4.57 Å². The Hall–Kier alpha value is -3.65. The summed E-state index contributed by atoms with van der Waals surface area (Å²) < 4.78 is 4.84. The van der Waals surface area contributed by atoms with E-state index in [1.807, 2.05) is 0 Å². The Kier molecular flexibility index (Phi) is 3.69. The maximum atomic E-state index is 2.52. The van der Waals surface area contributed by atoms with E-state index in [0.29, 0.717) is 5.92 Å². The highest BCUT2D eigenvalue weighted by atomic mass is 15.0. The first-order valence-electron chi connectivity index (χ1n) is 11.9. The van der Waals surface area contributed by atoms with Crippen LogP contribution in [-0.4, -0.2) is 4.40 Å². The van der Waals surface area contributed by atoms with Gasteiger partial charge in [-0.3, -0.25) is 0 Å². The summed E-state index contributed by atoms with van der Waals surface area (Å²) in [4.78, 5) is 0. The van der Waals surface area contributed by atoms with E-state index < -0.39 is 0 Å². The second-order valence-corrected chi connectivity index (χ2v) is 10.1. The van der Waals surface area contributed by atoms with E-state index in [0.717, 1.165) is 6.42 Å². The minimum atomic E-state index is 0.646. The molecule has 0 fully saturated rings. The lowest BCUT2D eigenvalue weighted by molar-refractivity contribution is -0.644. The number of benzene rings is 4. The third kappa shape index (κ3) is 2.36. The smallest absolute Gasteiger partial charge is 0.238 e. The normalized spacial score (nSPS) is 12.6. The maximum Gasteiger partial charge on any atom is 0.238 e. The van der Waals surface area contributed by atoms with Gasteiger partial charge in [-0.1, -0.05) is 56.3 Å². The molecule has 0 saturated heterocycles. The zero-order chi connectivity index (χ0) is 22.4. The Bertz CT molecular complexity index is 1890. The molecule has 0 unspecified atom stereocenters. The van der Waals surface area contributed by atoms with E-state index in [1.165, 1.54) is 70.9 Å². The van der Waals surface area contributed by atoms with Gasteiger partial charge in [0.15, 0.2) is 6.20 Å². The van der Waals surface area contributed by atoms with Crippen LogP contribution in [-0.2, 0) is 13.5 Å². The van der Waals surface area contributed by atoms with Crippen molar-refractivity contribution in [1.82, 2.24) is 4.40 Å². The quantitative estimate of drug-likeness (QED) is 0.154. The van der Waals surface area contributed by atoms with Crippen LogP contribution in [0.4, 0.5) is 0 Å². The zero-order valence-corrected chi connectivity index (χ0v) is 19.6. The molecule has 3 heterocycles. The lowest BCUT2D eigenvalue weighted by atomic mass is 9.92. The number of hydrogen-bond acceptors (Lipinski definition) is 0. The van der Waals surface area contributed by atoms with E-state index in [4.69, 9.17) is 0 Å². The largest absolute Gasteiger partial charge is 0.303 e. The van der Waals surface area contributed by atoms with Crippen LogP contribution in [0.2, 0.25) is 0 Å². The van der Waals surface area contributed by atoms with Gasteiger partial charge in [-0.15, -0.1) is 0 Å². The topological polar surface area (TPSA) is 8.29 Å². The molecule has 0 amide bonds. The maximum absolute atomic E-state index is 2.52. The van der Waals surface area contributed by atoms with Crippen molar-refractivity contribution in [3.63, 3.8) is 0 Å². The Labute approximate surface area is 193 Å². The van der Waals surface area contributed by atoms with Crippen molar-refractivity contribution in [2.75, 3.05) is 0 Å². The number of pyridine rings is 2. The van der Waals surface area contributed by atoms with E-state index >= 15 is 0 Å². The number of fused-ring (bicyclic) bond motifs is 7. The third-order valence-electron chi connectivity index (χ3n) is 7.52. The molecular weight excluding hydrogens is 400 g/mol. The van der Waals surface area contributed by atoms with Crippen LogP contribution in [0.25, 0.3) is 59.8 Å². The summed E-state index contributed by atoms with van der Waals surface area (Å²) in [6, 6.07) is 25.1. The van der Waals surface area contributed by atoms with Crippen LogP contribution >= 0.6 is 0 Å². The molecule has 0 saturated carbocycles. The van der Waals surface area contributed by atoms with Gasteiger partial charge < -0.3 is 4.40 Å². The summed E-state index contributed by atoms with van der Waals surface area (Å²) in [5.41, 5.74) is 8.03. The van der Waals surface area contributed by atoms with Gasteiger partial charge in [-0.25, -0.2) is 0 Å². The molecule has 160 valence electrons. The molecule has 0 aliphatic heterocycles. The summed E-state index contributed by atoms with van der Waals surface area (Å²) in [6.45, 7) is 6.89. The summed E-state index contributed by atoms with van der Waals surface area (Å²) >= 11 is 0. The van der Waals surface area contributed by atoms with Crippen molar-refractivity contribution in [2.45, 2.75) is 27.2 Å². The minimum absolute atomic E-state index is 0.646. The predicted octanol–water partition coefficient (Wildman–Crippen LogP) is 7.47. The molecule has 7 rings (SSSR count). The number of rotatable bonds is 2. The molecule has 2 heteroatoms. The second kappa shape index (κ2) is 6.45. The van der Waals surface area contributed by atoms with Crippen LogP contribution in [0, 0.1) is 12.8 Å². The SMILES string of the molecule is Cc1c2ccccc2c2cccc3c2c1c1c2c(cc[n+]1C)c1cc(CC(C)C)ccc1n32. The van der Waals surface area contributed by atoms with Gasteiger partial charge in [0.2, 0.25) is 5.52 Å². The molecule has 0 aliphatic carbocycles. The minimum Gasteiger partial charge on any atom is -0.303 e. The highest BCUT2D eigenvalue weighted by Crippen LogP contribution is 2.43. The molecular formula is C31H27N2+. The van der Waals surface area contributed by atoms with E-state index in [1.54, 1.807) is 0 Å². The molecule has 4 aromatic carbocycles. The van der Waals surface area contributed by atoms with Crippen LogP contribution in [0.5, 0.6) is 0 Å². The molecule has 0 bridgehead atoms. The fourth-order valence-corrected chi connectivity index (χ4v) is 6.21. The molecule has 0 spiro atoms. The summed E-state index contributed by atoms with van der Waals surface area (Å²) in [5.74, 6) is 0.646. The molecule has 3 aromatic heterocycles. The van der Waals surface area contributed by atoms with Crippen molar-refractivity contribution in [2.24, 2.45) is 13.0 Å². The molecule has 0 aliphatic rings. The first kappa shape index (κ1) is 18.9. The van der Waals surface area contributed by atoms with Crippen molar-refractivity contribution >= 4 is 59.8 Å². The summed E-state index contributed by atoms with van der Waals surface area (Å²) in [7, 11) is 2.19. The highest BCUT2D eigenvalue weighted by Gasteiger charge is 2.25. The fourth-order valence-electron chi connectivity index (χ4n) is 6.21. The van der Waals surface area contributed by atoms with Crippen molar-refractivity contribution in [3.05, 3.63) is 84.1 Å². The monoisotopic (exact) mass is 427 g/mol. The molecule has 0 atom stereocenters. The number of aryl methyl sites for hydroxylation is 2. The third-order valence-corrected chi connectivity index (χ3v) is 7.52. The zero-order valence-electron chi connectivity index (χ0n) is 19.6.